The quantitative estimate of drug-likeness (QED) is 0.820. The number of aromatic nitrogens is 1. The van der Waals surface area contributed by atoms with Gasteiger partial charge in [0.05, 0.1) is 6.04 Å². The molecule has 0 radical (unpaired) electrons. The van der Waals surface area contributed by atoms with Crippen LogP contribution in [0.3, 0.4) is 0 Å². The summed E-state index contributed by atoms with van der Waals surface area (Å²) < 4.78 is 0. The highest BCUT2D eigenvalue weighted by Gasteiger charge is 2.17. The first-order valence-corrected chi connectivity index (χ1v) is 6.05. The molecule has 2 N–H and O–H groups in total. The third-order valence-electron chi connectivity index (χ3n) is 2.81. The number of benzene rings is 1. The zero-order valence-electron chi connectivity index (χ0n) is 9.88. The van der Waals surface area contributed by atoms with Gasteiger partial charge in [0.1, 0.15) is 0 Å². The van der Waals surface area contributed by atoms with Crippen molar-refractivity contribution >= 4 is 28.3 Å². The molecule has 1 unspecified atom stereocenters. The standard InChI is InChI=1S/C13H15ClN2O/c1-3-15-8(2)13(17)11-7-16-12-5-4-9(14)6-10(11)12/h4-8,15-16H,3H2,1-2H3. The Labute approximate surface area is 105 Å². The molecule has 1 aromatic heterocycles. The molecule has 0 aliphatic rings. The molecule has 0 saturated carbocycles. The summed E-state index contributed by atoms with van der Waals surface area (Å²) in [4.78, 5) is 15.3. The van der Waals surface area contributed by atoms with Crippen LogP contribution in [0, 0.1) is 0 Å². The number of H-pyrrole nitrogens is 1. The molecule has 2 aromatic rings. The minimum Gasteiger partial charge on any atom is -0.360 e. The van der Waals surface area contributed by atoms with Crippen LogP contribution < -0.4 is 5.32 Å². The fourth-order valence-corrected chi connectivity index (χ4v) is 2.10. The first-order chi connectivity index (χ1) is 8.13. The SMILES string of the molecule is CCNC(C)C(=O)c1c[nH]c2ccc(Cl)cc12. The number of Topliss-reactive ketones (excluding diaryl/α,β-unsaturated/α-hetero) is 1. The Morgan fingerprint density at radius 2 is 2.29 bits per heavy atom. The van der Waals surface area contributed by atoms with Crippen LogP contribution in [-0.2, 0) is 0 Å². The lowest BCUT2D eigenvalue weighted by molar-refractivity contribution is 0.0953. The van der Waals surface area contributed by atoms with E-state index in [0.29, 0.717) is 10.6 Å². The number of hydrogen-bond donors (Lipinski definition) is 2. The maximum atomic E-state index is 12.2. The van der Waals surface area contributed by atoms with Crippen molar-refractivity contribution < 1.29 is 4.79 Å². The van der Waals surface area contributed by atoms with E-state index in [9.17, 15) is 4.79 Å². The fraction of sp³-hybridized carbons (Fsp3) is 0.308. The van der Waals surface area contributed by atoms with Crippen molar-refractivity contribution in [2.24, 2.45) is 0 Å². The first kappa shape index (κ1) is 12.1. The minimum absolute atomic E-state index is 0.0837. The number of rotatable bonds is 4. The number of likely N-dealkylation sites (N-methyl/N-ethyl adjacent to an activating group) is 1. The van der Waals surface area contributed by atoms with E-state index in [2.05, 4.69) is 10.3 Å². The van der Waals surface area contributed by atoms with Crippen molar-refractivity contribution in [3.63, 3.8) is 0 Å². The number of ketones is 1. The zero-order valence-corrected chi connectivity index (χ0v) is 10.6. The van der Waals surface area contributed by atoms with E-state index in [1.807, 2.05) is 32.0 Å². The largest absolute Gasteiger partial charge is 0.360 e. The summed E-state index contributed by atoms with van der Waals surface area (Å²) >= 11 is 5.95. The molecule has 90 valence electrons. The van der Waals surface area contributed by atoms with Gasteiger partial charge in [0.25, 0.3) is 0 Å². The van der Waals surface area contributed by atoms with E-state index in [0.717, 1.165) is 17.4 Å². The van der Waals surface area contributed by atoms with Crippen molar-refractivity contribution in [2.75, 3.05) is 6.54 Å². The van der Waals surface area contributed by atoms with E-state index >= 15 is 0 Å². The second kappa shape index (κ2) is 4.90. The topological polar surface area (TPSA) is 44.9 Å². The number of carbonyl (C=O) groups is 1. The van der Waals surface area contributed by atoms with Gasteiger partial charge in [0.2, 0.25) is 0 Å². The Hall–Kier alpha value is -1.32. The van der Waals surface area contributed by atoms with Gasteiger partial charge >= 0.3 is 0 Å². The summed E-state index contributed by atoms with van der Waals surface area (Å²) in [5.41, 5.74) is 1.62. The molecule has 4 heteroatoms. The molecule has 2 rings (SSSR count). The second-order valence-corrected chi connectivity index (χ2v) is 4.47. The predicted molar refractivity (Wildman–Crippen MR) is 70.8 cm³/mol. The van der Waals surface area contributed by atoms with Gasteiger partial charge < -0.3 is 10.3 Å². The van der Waals surface area contributed by atoms with E-state index in [-0.39, 0.29) is 11.8 Å². The molecule has 0 fully saturated rings. The highest BCUT2D eigenvalue weighted by molar-refractivity contribution is 6.31. The van der Waals surface area contributed by atoms with Crippen LogP contribution in [0.15, 0.2) is 24.4 Å². The van der Waals surface area contributed by atoms with Gasteiger partial charge in [-0.1, -0.05) is 18.5 Å². The Morgan fingerprint density at radius 1 is 1.53 bits per heavy atom. The molecular weight excluding hydrogens is 236 g/mol. The second-order valence-electron chi connectivity index (χ2n) is 4.04. The van der Waals surface area contributed by atoms with E-state index in [1.54, 1.807) is 6.20 Å². The van der Waals surface area contributed by atoms with Crippen molar-refractivity contribution in [1.29, 1.82) is 0 Å². The van der Waals surface area contributed by atoms with Crippen LogP contribution in [0.5, 0.6) is 0 Å². The smallest absolute Gasteiger partial charge is 0.181 e. The fourth-order valence-electron chi connectivity index (χ4n) is 1.93. The molecular formula is C13H15ClN2O. The Kier molecular flexibility index (Phi) is 3.50. The van der Waals surface area contributed by atoms with Crippen molar-refractivity contribution in [1.82, 2.24) is 10.3 Å². The van der Waals surface area contributed by atoms with Crippen molar-refractivity contribution in [2.45, 2.75) is 19.9 Å². The van der Waals surface area contributed by atoms with Crippen LogP contribution >= 0.6 is 11.6 Å². The summed E-state index contributed by atoms with van der Waals surface area (Å²) in [6.07, 6.45) is 1.75. The van der Waals surface area contributed by atoms with Crippen LogP contribution in [-0.4, -0.2) is 23.4 Å². The molecule has 1 aromatic carbocycles. The van der Waals surface area contributed by atoms with Gasteiger partial charge in [-0.2, -0.15) is 0 Å². The van der Waals surface area contributed by atoms with Gasteiger partial charge in [0, 0.05) is 27.7 Å². The number of nitrogens with one attached hydrogen (secondary N) is 2. The molecule has 1 heterocycles. The van der Waals surface area contributed by atoms with Crippen molar-refractivity contribution in [3.8, 4) is 0 Å². The minimum atomic E-state index is -0.182. The highest BCUT2D eigenvalue weighted by atomic mass is 35.5. The third-order valence-corrected chi connectivity index (χ3v) is 3.05. The average Bonchev–Trinajstić information content (AvgIpc) is 2.71. The molecule has 0 bridgehead atoms. The normalized spacial score (nSPS) is 12.9. The summed E-state index contributed by atoms with van der Waals surface area (Å²) in [7, 11) is 0. The highest BCUT2D eigenvalue weighted by Crippen LogP contribution is 2.23. The monoisotopic (exact) mass is 250 g/mol. The summed E-state index contributed by atoms with van der Waals surface area (Å²) in [6.45, 7) is 4.63. The first-order valence-electron chi connectivity index (χ1n) is 5.67. The summed E-state index contributed by atoms with van der Waals surface area (Å²) in [5, 5.41) is 4.64. The van der Waals surface area contributed by atoms with Gasteiger partial charge in [0.15, 0.2) is 5.78 Å². The van der Waals surface area contributed by atoms with Gasteiger partial charge in [-0.25, -0.2) is 0 Å². The van der Waals surface area contributed by atoms with Gasteiger partial charge in [-0.3, -0.25) is 4.79 Å². The summed E-state index contributed by atoms with van der Waals surface area (Å²) in [6, 6.07) is 5.33. The lowest BCUT2D eigenvalue weighted by Crippen LogP contribution is -2.33. The van der Waals surface area contributed by atoms with E-state index in [1.165, 1.54) is 0 Å². The maximum absolute atomic E-state index is 12.2. The van der Waals surface area contributed by atoms with E-state index in [4.69, 9.17) is 11.6 Å². The van der Waals surface area contributed by atoms with Crippen LogP contribution in [0.1, 0.15) is 24.2 Å². The average molecular weight is 251 g/mol. The van der Waals surface area contributed by atoms with Crippen LogP contribution in [0.2, 0.25) is 5.02 Å². The number of halogens is 1. The number of fused-ring (bicyclic) bond motifs is 1. The van der Waals surface area contributed by atoms with E-state index < -0.39 is 0 Å². The molecule has 17 heavy (non-hydrogen) atoms. The molecule has 0 aliphatic carbocycles. The Bertz CT molecular complexity index is 547. The molecule has 1 atom stereocenters. The van der Waals surface area contributed by atoms with Crippen LogP contribution in [0.4, 0.5) is 0 Å². The maximum Gasteiger partial charge on any atom is 0.181 e. The lowest BCUT2D eigenvalue weighted by atomic mass is 10.0. The zero-order chi connectivity index (χ0) is 12.4. The third kappa shape index (κ3) is 2.35. The number of hydrogen-bond acceptors (Lipinski definition) is 2. The molecule has 0 amide bonds. The molecule has 0 aliphatic heterocycles. The van der Waals surface area contributed by atoms with Gasteiger partial charge in [-0.15, -0.1) is 0 Å². The van der Waals surface area contributed by atoms with Crippen molar-refractivity contribution in [3.05, 3.63) is 35.0 Å². The Balaban J connectivity index is 2.41. The van der Waals surface area contributed by atoms with Crippen LogP contribution in [0.25, 0.3) is 10.9 Å². The van der Waals surface area contributed by atoms with Gasteiger partial charge in [-0.05, 0) is 31.7 Å². The molecule has 0 spiro atoms. The predicted octanol–water partition coefficient (Wildman–Crippen LogP) is 3.00. The summed E-state index contributed by atoms with van der Waals surface area (Å²) in [5.74, 6) is 0.0837. The molecule has 3 nitrogen and oxygen atoms in total. The molecule has 0 saturated heterocycles. The lowest BCUT2D eigenvalue weighted by Gasteiger charge is -2.10. The number of aromatic amines is 1. The number of carbonyl (C=O) groups excluding carboxylic acids is 1. The Morgan fingerprint density at radius 3 is 3.00 bits per heavy atom.